The Labute approximate surface area is 176 Å². The molecule has 0 N–H and O–H groups in total. The fourth-order valence-electron chi connectivity index (χ4n) is 5.11. The van der Waals surface area contributed by atoms with E-state index in [4.69, 9.17) is 9.15 Å². The van der Waals surface area contributed by atoms with Crippen LogP contribution in [0.5, 0.6) is 0 Å². The molecule has 30 heavy (non-hydrogen) atoms. The van der Waals surface area contributed by atoms with Crippen LogP contribution in [-0.4, -0.2) is 46.9 Å². The van der Waals surface area contributed by atoms with Crippen molar-refractivity contribution in [2.45, 2.75) is 38.6 Å². The molecule has 1 aromatic carbocycles. The van der Waals surface area contributed by atoms with E-state index in [9.17, 15) is 9.59 Å². The first-order valence-corrected chi connectivity index (χ1v) is 10.4. The van der Waals surface area contributed by atoms with Crippen LogP contribution < -0.4 is 0 Å². The Kier molecular flexibility index (Phi) is 4.36. The number of rotatable bonds is 5. The van der Waals surface area contributed by atoms with Gasteiger partial charge in [0, 0.05) is 25.7 Å². The van der Waals surface area contributed by atoms with Gasteiger partial charge in [0.1, 0.15) is 5.60 Å². The molecule has 0 saturated carbocycles. The monoisotopic (exact) mass is 406 g/mol. The second kappa shape index (κ2) is 6.84. The molecule has 2 saturated heterocycles. The fraction of sp³-hybridized carbons (Fsp3) is 0.417. The largest absolute Gasteiger partial charge is 0.472 e. The van der Waals surface area contributed by atoms with E-state index in [0.717, 1.165) is 11.1 Å². The van der Waals surface area contributed by atoms with Gasteiger partial charge < -0.3 is 19.0 Å². The highest BCUT2D eigenvalue weighted by atomic mass is 16.5. The van der Waals surface area contributed by atoms with Crippen molar-refractivity contribution in [2.75, 3.05) is 13.6 Å². The lowest BCUT2D eigenvalue weighted by atomic mass is 9.76. The summed E-state index contributed by atoms with van der Waals surface area (Å²) in [6.45, 7) is 5.63. The summed E-state index contributed by atoms with van der Waals surface area (Å²) >= 11 is 0. The highest BCUT2D eigenvalue weighted by Gasteiger charge is 2.67. The van der Waals surface area contributed by atoms with Gasteiger partial charge in [-0.05, 0) is 36.6 Å². The number of aryl methyl sites for hydroxylation is 2. The molecule has 2 amide bonds. The Morgan fingerprint density at radius 1 is 1.23 bits per heavy atom. The Morgan fingerprint density at radius 3 is 2.80 bits per heavy atom. The summed E-state index contributed by atoms with van der Waals surface area (Å²) < 4.78 is 11.4. The molecular weight excluding hydrogens is 380 g/mol. The Balaban J connectivity index is 1.36. The van der Waals surface area contributed by atoms with E-state index in [2.05, 4.69) is 32.0 Å². The topological polar surface area (TPSA) is 63.0 Å². The SMILES string of the molecule is Cc1ccc(CN2C[C@]34C=C[C@H](O3)[C@H](C(=O)N(C)Cc3ccoc3)[C@@H]4C2=O)cc1C. The van der Waals surface area contributed by atoms with Crippen molar-refractivity contribution in [1.82, 2.24) is 9.80 Å². The molecule has 6 nitrogen and oxygen atoms in total. The van der Waals surface area contributed by atoms with Crippen LogP contribution in [0.2, 0.25) is 0 Å². The number of amides is 2. The summed E-state index contributed by atoms with van der Waals surface area (Å²) in [6, 6.07) is 8.12. The number of likely N-dealkylation sites (tertiary alicyclic amines) is 1. The first-order chi connectivity index (χ1) is 14.4. The van der Waals surface area contributed by atoms with E-state index >= 15 is 0 Å². The van der Waals surface area contributed by atoms with Crippen LogP contribution in [0.3, 0.4) is 0 Å². The van der Waals surface area contributed by atoms with Gasteiger partial charge in [0.15, 0.2) is 0 Å². The lowest BCUT2D eigenvalue weighted by Crippen LogP contribution is -2.44. The summed E-state index contributed by atoms with van der Waals surface area (Å²) in [5.74, 6) is -0.989. The smallest absolute Gasteiger partial charge is 0.230 e. The van der Waals surface area contributed by atoms with Crippen LogP contribution in [0.1, 0.15) is 22.3 Å². The third-order valence-corrected chi connectivity index (χ3v) is 6.78. The van der Waals surface area contributed by atoms with Crippen molar-refractivity contribution >= 4 is 11.8 Å². The number of hydrogen-bond acceptors (Lipinski definition) is 4. The van der Waals surface area contributed by atoms with Crippen LogP contribution in [0.15, 0.2) is 53.4 Å². The maximum absolute atomic E-state index is 13.4. The number of hydrogen-bond donors (Lipinski definition) is 0. The van der Waals surface area contributed by atoms with E-state index in [0.29, 0.717) is 19.6 Å². The Morgan fingerprint density at radius 2 is 2.07 bits per heavy atom. The maximum atomic E-state index is 13.4. The lowest BCUT2D eigenvalue weighted by molar-refractivity contribution is -0.142. The van der Waals surface area contributed by atoms with Gasteiger partial charge in [-0.15, -0.1) is 0 Å². The molecule has 3 aliphatic rings. The van der Waals surface area contributed by atoms with E-state index in [1.54, 1.807) is 24.5 Å². The van der Waals surface area contributed by atoms with Gasteiger partial charge in [-0.25, -0.2) is 0 Å². The van der Waals surface area contributed by atoms with Crippen LogP contribution >= 0.6 is 0 Å². The minimum Gasteiger partial charge on any atom is -0.472 e. The minimum atomic E-state index is -0.682. The van der Waals surface area contributed by atoms with Crippen molar-refractivity contribution in [3.63, 3.8) is 0 Å². The molecule has 0 radical (unpaired) electrons. The second-order valence-corrected chi connectivity index (χ2v) is 8.84. The second-order valence-electron chi connectivity index (χ2n) is 8.84. The Bertz CT molecular complexity index is 1030. The molecule has 1 spiro atoms. The zero-order valence-electron chi connectivity index (χ0n) is 17.5. The average molecular weight is 406 g/mol. The van der Waals surface area contributed by atoms with Crippen LogP contribution in [0, 0.1) is 25.7 Å². The lowest BCUT2D eigenvalue weighted by Gasteiger charge is -2.27. The number of carbonyl (C=O) groups excluding carboxylic acids is 2. The predicted molar refractivity (Wildman–Crippen MR) is 110 cm³/mol. The number of nitrogens with zero attached hydrogens (tertiary/aromatic N) is 2. The summed E-state index contributed by atoms with van der Waals surface area (Å²) in [5, 5.41) is 0. The molecule has 1 aromatic heterocycles. The third-order valence-electron chi connectivity index (χ3n) is 6.78. The molecular formula is C24H26N2O4. The first-order valence-electron chi connectivity index (χ1n) is 10.4. The predicted octanol–water partition coefficient (Wildman–Crippen LogP) is 2.84. The van der Waals surface area contributed by atoms with Crippen LogP contribution in [-0.2, 0) is 27.4 Å². The zero-order chi connectivity index (χ0) is 21.0. The molecule has 0 unspecified atom stereocenters. The fourth-order valence-corrected chi connectivity index (χ4v) is 5.11. The van der Waals surface area contributed by atoms with Crippen molar-refractivity contribution in [3.8, 4) is 0 Å². The van der Waals surface area contributed by atoms with Crippen molar-refractivity contribution in [1.29, 1.82) is 0 Å². The van der Waals surface area contributed by atoms with Crippen LogP contribution in [0.25, 0.3) is 0 Å². The summed E-state index contributed by atoms with van der Waals surface area (Å²) in [7, 11) is 1.77. The first kappa shape index (κ1) is 19.1. The average Bonchev–Trinajstić information content (AvgIpc) is 3.47. The molecule has 2 bridgehead atoms. The molecule has 3 aliphatic heterocycles. The molecule has 4 heterocycles. The van der Waals surface area contributed by atoms with Crippen LogP contribution in [0.4, 0.5) is 0 Å². The van der Waals surface area contributed by atoms with Crippen molar-refractivity contribution in [3.05, 3.63) is 71.2 Å². The standard InChI is InChI=1S/C24H26N2O4/c1-15-4-5-17(10-16(15)2)12-26-14-24-8-6-19(30-24)20(21(24)23(26)28)22(27)25(3)11-18-7-9-29-13-18/h4-10,13,19-21H,11-12,14H2,1-3H3/t19-,20-,21+,24-/m0/s1. The van der Waals surface area contributed by atoms with Gasteiger partial charge >= 0.3 is 0 Å². The van der Waals surface area contributed by atoms with Gasteiger partial charge in [0.05, 0.1) is 37.0 Å². The number of furan rings is 1. The van der Waals surface area contributed by atoms with E-state index < -0.39 is 17.4 Å². The van der Waals surface area contributed by atoms with Gasteiger partial charge in [-0.3, -0.25) is 9.59 Å². The number of benzene rings is 1. The van der Waals surface area contributed by atoms with Gasteiger partial charge in [0.25, 0.3) is 0 Å². The molecule has 5 rings (SSSR count). The normalized spacial score (nSPS) is 29.0. The van der Waals surface area contributed by atoms with Crippen molar-refractivity contribution in [2.24, 2.45) is 11.8 Å². The zero-order valence-corrected chi connectivity index (χ0v) is 17.5. The molecule has 4 atom stereocenters. The number of ether oxygens (including phenoxy) is 1. The summed E-state index contributed by atoms with van der Waals surface area (Å²) in [6.07, 6.45) is 6.85. The number of fused-ring (bicyclic) bond motifs is 1. The molecule has 2 aromatic rings. The van der Waals surface area contributed by atoms with E-state index in [1.807, 2.05) is 23.1 Å². The van der Waals surface area contributed by atoms with E-state index in [1.165, 1.54) is 11.1 Å². The summed E-state index contributed by atoms with van der Waals surface area (Å²) in [4.78, 5) is 30.2. The van der Waals surface area contributed by atoms with Gasteiger partial charge in [-0.2, -0.15) is 0 Å². The molecule has 156 valence electrons. The molecule has 0 aliphatic carbocycles. The third kappa shape index (κ3) is 2.89. The maximum Gasteiger partial charge on any atom is 0.230 e. The molecule has 6 heteroatoms. The quantitative estimate of drug-likeness (QED) is 0.717. The Hall–Kier alpha value is -2.86. The minimum absolute atomic E-state index is 0.00939. The van der Waals surface area contributed by atoms with E-state index in [-0.39, 0.29) is 17.9 Å². The van der Waals surface area contributed by atoms with Gasteiger partial charge in [0.2, 0.25) is 11.8 Å². The van der Waals surface area contributed by atoms with Crippen molar-refractivity contribution < 1.29 is 18.7 Å². The highest BCUT2D eigenvalue weighted by molar-refractivity contribution is 5.93. The van der Waals surface area contributed by atoms with Gasteiger partial charge in [-0.1, -0.05) is 30.4 Å². The number of carbonyl (C=O) groups is 2. The molecule has 2 fully saturated rings. The summed E-state index contributed by atoms with van der Waals surface area (Å²) in [5.41, 5.74) is 3.79. The highest BCUT2D eigenvalue weighted by Crippen LogP contribution is 2.52.